The Hall–Kier alpha value is -0.740. The normalized spacial score (nSPS) is 12.3. The number of carboxylic acid groups (broad SMARTS) is 1. The van der Waals surface area contributed by atoms with Crippen LogP contribution in [0.3, 0.4) is 0 Å². The molecule has 1 unspecified atom stereocenters. The SMILES string of the molecule is CCCCCCCC/C=C\CCCCCCCC(=O)OC(=O)C(CC(=O)[O-])S(=O)(=O)O.[Na+]. The maximum absolute atomic E-state index is 11.6. The maximum atomic E-state index is 11.6. The number of ether oxygens (including phenoxy) is 1. The maximum Gasteiger partial charge on any atom is 1.00 e. The summed E-state index contributed by atoms with van der Waals surface area (Å²) in [5.41, 5.74) is 0. The Labute approximate surface area is 214 Å². The van der Waals surface area contributed by atoms with Crippen molar-refractivity contribution in [1.29, 1.82) is 0 Å². The minimum Gasteiger partial charge on any atom is -0.550 e. The van der Waals surface area contributed by atoms with Crippen LogP contribution in [0.2, 0.25) is 0 Å². The van der Waals surface area contributed by atoms with Crippen molar-refractivity contribution in [1.82, 2.24) is 0 Å². The van der Waals surface area contributed by atoms with Crippen LogP contribution >= 0.6 is 0 Å². The molecule has 0 saturated heterocycles. The molecule has 0 saturated carbocycles. The number of esters is 2. The molecular formula is C22H37NaO8S. The number of unbranched alkanes of at least 4 members (excludes halogenated alkanes) is 11. The van der Waals surface area contributed by atoms with E-state index in [1.165, 1.54) is 38.5 Å². The molecule has 0 aromatic carbocycles. The zero-order chi connectivity index (χ0) is 23.5. The first kappa shape index (κ1) is 33.4. The molecule has 180 valence electrons. The van der Waals surface area contributed by atoms with Crippen LogP contribution in [-0.2, 0) is 29.2 Å². The molecule has 0 heterocycles. The summed E-state index contributed by atoms with van der Waals surface area (Å²) in [6.07, 6.45) is 17.3. The third kappa shape index (κ3) is 19.9. The number of aliphatic carboxylic acids is 1. The Balaban J connectivity index is 0. The van der Waals surface area contributed by atoms with Crippen LogP contribution in [0.15, 0.2) is 12.2 Å². The van der Waals surface area contributed by atoms with Crippen LogP contribution in [0, 0.1) is 0 Å². The third-order valence-corrected chi connectivity index (χ3v) is 5.91. The Morgan fingerprint density at radius 2 is 1.34 bits per heavy atom. The Kier molecular flexibility index (Phi) is 21.8. The molecule has 0 aliphatic carbocycles. The van der Waals surface area contributed by atoms with E-state index in [2.05, 4.69) is 23.8 Å². The van der Waals surface area contributed by atoms with Gasteiger partial charge in [0.2, 0.25) is 0 Å². The van der Waals surface area contributed by atoms with E-state index in [4.69, 9.17) is 4.55 Å². The van der Waals surface area contributed by atoms with E-state index in [0.29, 0.717) is 6.42 Å². The second kappa shape index (κ2) is 20.8. The van der Waals surface area contributed by atoms with E-state index in [9.17, 15) is 27.9 Å². The van der Waals surface area contributed by atoms with Crippen molar-refractivity contribution in [3.63, 3.8) is 0 Å². The van der Waals surface area contributed by atoms with Gasteiger partial charge in [0.05, 0.1) is 0 Å². The molecule has 0 aromatic heterocycles. The first-order chi connectivity index (χ1) is 14.7. The summed E-state index contributed by atoms with van der Waals surface area (Å²) in [6.45, 7) is 2.22. The smallest absolute Gasteiger partial charge is 0.550 e. The van der Waals surface area contributed by atoms with Gasteiger partial charge >= 0.3 is 41.5 Å². The van der Waals surface area contributed by atoms with Crippen molar-refractivity contribution < 1.29 is 66.8 Å². The average molecular weight is 485 g/mol. The number of carbonyl (C=O) groups is 3. The molecule has 1 atom stereocenters. The molecular weight excluding hydrogens is 447 g/mol. The van der Waals surface area contributed by atoms with Crippen LogP contribution in [0.5, 0.6) is 0 Å². The van der Waals surface area contributed by atoms with E-state index in [0.717, 1.165) is 38.5 Å². The Morgan fingerprint density at radius 3 is 1.81 bits per heavy atom. The van der Waals surface area contributed by atoms with Gasteiger partial charge in [-0.05, 0) is 32.1 Å². The van der Waals surface area contributed by atoms with Crippen molar-refractivity contribution in [2.24, 2.45) is 0 Å². The summed E-state index contributed by atoms with van der Waals surface area (Å²) in [5, 5.41) is 8.13. The van der Waals surface area contributed by atoms with E-state index in [1.54, 1.807) is 0 Å². The molecule has 0 aliphatic heterocycles. The summed E-state index contributed by atoms with van der Waals surface area (Å²) in [7, 11) is -5.01. The van der Waals surface area contributed by atoms with Crippen LogP contribution in [0.25, 0.3) is 0 Å². The van der Waals surface area contributed by atoms with Crippen LogP contribution in [0.4, 0.5) is 0 Å². The van der Waals surface area contributed by atoms with Gasteiger partial charge in [-0.3, -0.25) is 14.1 Å². The van der Waals surface area contributed by atoms with E-state index in [1.807, 2.05) is 0 Å². The van der Waals surface area contributed by atoms with Gasteiger partial charge in [0.1, 0.15) is 0 Å². The molecule has 0 aliphatic rings. The van der Waals surface area contributed by atoms with E-state index in [-0.39, 0.29) is 36.0 Å². The third-order valence-electron chi connectivity index (χ3n) is 4.83. The predicted molar refractivity (Wildman–Crippen MR) is 116 cm³/mol. The number of hydrogen-bond donors (Lipinski definition) is 1. The molecule has 0 aromatic rings. The van der Waals surface area contributed by atoms with Gasteiger partial charge in [0.25, 0.3) is 10.1 Å². The summed E-state index contributed by atoms with van der Waals surface area (Å²) in [6, 6.07) is 0. The molecule has 0 bridgehead atoms. The van der Waals surface area contributed by atoms with Gasteiger partial charge in [-0.15, -0.1) is 0 Å². The number of carbonyl (C=O) groups excluding carboxylic acids is 3. The molecule has 32 heavy (non-hydrogen) atoms. The Morgan fingerprint density at radius 1 is 0.875 bits per heavy atom. The fourth-order valence-electron chi connectivity index (χ4n) is 3.03. The topological polar surface area (TPSA) is 138 Å². The quantitative estimate of drug-likeness (QED) is 0.0698. The van der Waals surface area contributed by atoms with Crippen molar-refractivity contribution in [3.8, 4) is 0 Å². The molecule has 0 fully saturated rings. The average Bonchev–Trinajstić information content (AvgIpc) is 2.68. The fraction of sp³-hybridized carbons (Fsp3) is 0.773. The van der Waals surface area contributed by atoms with Crippen LogP contribution in [0.1, 0.15) is 103 Å². The second-order valence-electron chi connectivity index (χ2n) is 7.71. The zero-order valence-electron chi connectivity index (χ0n) is 19.6. The molecule has 8 nitrogen and oxygen atoms in total. The van der Waals surface area contributed by atoms with E-state index < -0.39 is 39.7 Å². The Bertz CT molecular complexity index is 661. The molecule has 0 radical (unpaired) electrons. The molecule has 10 heteroatoms. The molecule has 0 rings (SSSR count). The second-order valence-corrected chi connectivity index (χ2v) is 9.31. The number of allylic oxidation sites excluding steroid dienone is 2. The van der Waals surface area contributed by atoms with Crippen LogP contribution < -0.4 is 34.7 Å². The number of carboxylic acids is 1. The van der Waals surface area contributed by atoms with Crippen molar-refractivity contribution >= 4 is 28.0 Å². The van der Waals surface area contributed by atoms with Crippen molar-refractivity contribution in [3.05, 3.63) is 12.2 Å². The fourth-order valence-corrected chi connectivity index (χ4v) is 3.67. The van der Waals surface area contributed by atoms with Gasteiger partial charge in [-0.1, -0.05) is 70.4 Å². The summed E-state index contributed by atoms with van der Waals surface area (Å²) in [4.78, 5) is 33.7. The molecule has 1 N–H and O–H groups in total. The van der Waals surface area contributed by atoms with Gasteiger partial charge in [0, 0.05) is 18.8 Å². The summed E-state index contributed by atoms with van der Waals surface area (Å²) < 4.78 is 35.3. The summed E-state index contributed by atoms with van der Waals surface area (Å²) >= 11 is 0. The van der Waals surface area contributed by atoms with Gasteiger partial charge < -0.3 is 14.6 Å². The van der Waals surface area contributed by atoms with E-state index >= 15 is 0 Å². The number of hydrogen-bond acceptors (Lipinski definition) is 7. The standard InChI is InChI=1S/C22H38O8S.Na/c1-2-3-4-5-6-7-8-9-10-11-12-13-14-15-16-17-21(25)30-22(26)19(18-20(23)24)31(27,28)29;/h9-10,19H,2-8,11-18H2,1H3,(H,23,24)(H,27,28,29);/q;+1/p-1/b10-9-;. The monoisotopic (exact) mass is 484 g/mol. The largest absolute Gasteiger partial charge is 1.00 e. The molecule has 0 amide bonds. The summed E-state index contributed by atoms with van der Waals surface area (Å²) in [5.74, 6) is -4.41. The zero-order valence-corrected chi connectivity index (χ0v) is 22.4. The van der Waals surface area contributed by atoms with Gasteiger partial charge in [-0.2, -0.15) is 8.42 Å². The van der Waals surface area contributed by atoms with Crippen molar-refractivity contribution in [2.45, 2.75) is 108 Å². The molecule has 0 spiro atoms. The minimum absolute atomic E-state index is 0. The van der Waals surface area contributed by atoms with Gasteiger partial charge in [0.15, 0.2) is 5.25 Å². The first-order valence-electron chi connectivity index (χ1n) is 11.2. The van der Waals surface area contributed by atoms with Crippen molar-refractivity contribution in [2.75, 3.05) is 0 Å². The number of rotatable bonds is 19. The first-order valence-corrected chi connectivity index (χ1v) is 12.7. The van der Waals surface area contributed by atoms with Gasteiger partial charge in [-0.25, -0.2) is 0 Å². The minimum atomic E-state index is -5.01. The van der Waals surface area contributed by atoms with Crippen LogP contribution in [-0.4, -0.2) is 36.1 Å². The predicted octanol–water partition coefficient (Wildman–Crippen LogP) is 0.494.